The first-order valence-corrected chi connectivity index (χ1v) is 14.1. The number of carbonyl (C=O) groups is 1. The molecule has 3 aromatic carbocycles. The van der Waals surface area contributed by atoms with Gasteiger partial charge in [0.15, 0.2) is 0 Å². The summed E-state index contributed by atoms with van der Waals surface area (Å²) < 4.78 is 30.0. The van der Waals surface area contributed by atoms with Crippen molar-refractivity contribution in [2.45, 2.75) is 43.4 Å². The number of rotatable bonds is 12. The second-order valence-corrected chi connectivity index (χ2v) is 11.8. The quantitative estimate of drug-likeness (QED) is 0.185. The van der Waals surface area contributed by atoms with Crippen LogP contribution in [0.1, 0.15) is 37.5 Å². The number of carboxylic acids is 1. The van der Waals surface area contributed by atoms with Gasteiger partial charge in [0.25, 0.3) is 10.0 Å². The first kappa shape index (κ1) is 28.1. The number of fused-ring (bicyclic) bond motifs is 1. The van der Waals surface area contributed by atoms with E-state index in [2.05, 4.69) is 28.5 Å². The Bertz CT molecular complexity index is 1580. The average molecular weight is 548 g/mol. The minimum Gasteiger partial charge on any atom is -0.478 e. The van der Waals surface area contributed by atoms with E-state index in [1.165, 1.54) is 12.1 Å². The standard InChI is InChI=1S/C30H33N3O5S/c1-30(2,16-18-33-17-15-23-19-22(11-13-27(23)33)12-14-29(35)36)31-21-28(34)24-7-6-8-25(20-24)32-39(37,38)26-9-4-3-5-10-26/h3-15,17,19-20,28,31-32,34H,16,18,21H2,1-2H3,(H,35,36)/b14-12+/t28-/m0/s1. The Morgan fingerprint density at radius 2 is 1.79 bits per heavy atom. The molecule has 204 valence electrons. The van der Waals surface area contributed by atoms with Crippen LogP contribution in [-0.2, 0) is 21.4 Å². The molecule has 0 saturated heterocycles. The van der Waals surface area contributed by atoms with Crippen molar-refractivity contribution >= 4 is 38.7 Å². The minimum atomic E-state index is -3.72. The molecule has 1 atom stereocenters. The van der Waals surface area contributed by atoms with E-state index in [1.54, 1.807) is 48.5 Å². The largest absolute Gasteiger partial charge is 0.478 e. The Hall–Kier alpha value is -3.92. The molecular formula is C30H33N3O5S. The normalized spacial score (nSPS) is 13.1. The maximum Gasteiger partial charge on any atom is 0.328 e. The number of carboxylic acid groups (broad SMARTS) is 1. The van der Waals surface area contributed by atoms with Gasteiger partial charge in [-0.2, -0.15) is 0 Å². The highest BCUT2D eigenvalue weighted by Crippen LogP contribution is 2.23. The molecule has 0 aliphatic carbocycles. The number of aromatic nitrogens is 1. The molecule has 0 saturated carbocycles. The minimum absolute atomic E-state index is 0.172. The molecular weight excluding hydrogens is 514 g/mol. The van der Waals surface area contributed by atoms with Crippen LogP contribution < -0.4 is 10.0 Å². The molecule has 0 unspecified atom stereocenters. The molecule has 0 spiro atoms. The SMILES string of the molecule is CC(C)(CCn1ccc2cc(/C=C/C(=O)O)ccc21)NC[C@H](O)c1cccc(NS(=O)(=O)c2ccccc2)c1. The number of aliphatic hydroxyl groups excluding tert-OH is 1. The van der Waals surface area contributed by atoms with Crippen molar-refractivity contribution in [2.24, 2.45) is 0 Å². The van der Waals surface area contributed by atoms with Crippen LogP contribution in [0.3, 0.4) is 0 Å². The zero-order valence-corrected chi connectivity index (χ0v) is 22.7. The summed E-state index contributed by atoms with van der Waals surface area (Å²) in [6.07, 6.45) is 4.68. The van der Waals surface area contributed by atoms with Gasteiger partial charge in [-0.1, -0.05) is 36.4 Å². The molecule has 0 aliphatic heterocycles. The second kappa shape index (κ2) is 11.9. The number of aliphatic carboxylic acids is 1. The van der Waals surface area contributed by atoms with Crippen LogP contribution in [0.15, 0.2) is 96.0 Å². The zero-order chi connectivity index (χ0) is 28.0. The molecule has 0 aliphatic rings. The Morgan fingerprint density at radius 1 is 1.03 bits per heavy atom. The lowest BCUT2D eigenvalue weighted by Gasteiger charge is -2.28. The van der Waals surface area contributed by atoms with Crippen molar-refractivity contribution in [1.29, 1.82) is 0 Å². The van der Waals surface area contributed by atoms with E-state index < -0.39 is 22.1 Å². The summed E-state index contributed by atoms with van der Waals surface area (Å²) in [5.41, 5.74) is 2.60. The predicted octanol–water partition coefficient (Wildman–Crippen LogP) is 5.03. The molecule has 39 heavy (non-hydrogen) atoms. The van der Waals surface area contributed by atoms with E-state index in [0.29, 0.717) is 17.8 Å². The Kier molecular flexibility index (Phi) is 8.54. The summed E-state index contributed by atoms with van der Waals surface area (Å²) in [7, 11) is -3.72. The lowest BCUT2D eigenvalue weighted by Crippen LogP contribution is -2.42. The molecule has 4 aromatic rings. The van der Waals surface area contributed by atoms with Crippen LogP contribution >= 0.6 is 0 Å². The Labute approximate surface area is 228 Å². The Morgan fingerprint density at radius 3 is 2.54 bits per heavy atom. The van der Waals surface area contributed by atoms with Crippen LogP contribution in [0.2, 0.25) is 0 Å². The van der Waals surface area contributed by atoms with E-state index in [0.717, 1.165) is 35.5 Å². The number of hydrogen-bond donors (Lipinski definition) is 4. The van der Waals surface area contributed by atoms with Crippen molar-refractivity contribution in [3.8, 4) is 0 Å². The van der Waals surface area contributed by atoms with Crippen LogP contribution in [0.5, 0.6) is 0 Å². The summed E-state index contributed by atoms with van der Waals surface area (Å²) in [5.74, 6) is -0.979. The number of benzene rings is 3. The maximum absolute atomic E-state index is 12.6. The number of nitrogens with one attached hydrogen (secondary N) is 2. The topological polar surface area (TPSA) is 121 Å². The number of nitrogens with zero attached hydrogens (tertiary/aromatic N) is 1. The monoisotopic (exact) mass is 547 g/mol. The third-order valence-corrected chi connectivity index (χ3v) is 7.94. The molecule has 4 rings (SSSR count). The summed E-state index contributed by atoms with van der Waals surface area (Å²) in [6, 6.07) is 22.8. The van der Waals surface area contributed by atoms with Crippen LogP contribution in [-0.4, -0.2) is 41.3 Å². The van der Waals surface area contributed by atoms with Gasteiger partial charge >= 0.3 is 5.97 Å². The maximum atomic E-state index is 12.6. The third kappa shape index (κ3) is 7.57. The third-order valence-electron chi connectivity index (χ3n) is 6.54. The van der Waals surface area contributed by atoms with Gasteiger partial charge in [-0.25, -0.2) is 13.2 Å². The van der Waals surface area contributed by atoms with Crippen molar-refractivity contribution in [3.05, 3.63) is 102 Å². The molecule has 0 fully saturated rings. The number of hydrogen-bond acceptors (Lipinski definition) is 5. The van der Waals surface area contributed by atoms with Gasteiger partial charge in [-0.3, -0.25) is 4.72 Å². The van der Waals surface area contributed by atoms with E-state index in [-0.39, 0.29) is 10.4 Å². The van der Waals surface area contributed by atoms with E-state index in [9.17, 15) is 18.3 Å². The first-order valence-electron chi connectivity index (χ1n) is 12.6. The lowest BCUT2D eigenvalue weighted by atomic mass is 9.99. The smallest absolute Gasteiger partial charge is 0.328 e. The second-order valence-electron chi connectivity index (χ2n) is 10.1. The van der Waals surface area contributed by atoms with Gasteiger partial charge in [0.1, 0.15) is 0 Å². The van der Waals surface area contributed by atoms with Gasteiger partial charge in [0, 0.05) is 47.5 Å². The molecule has 8 nitrogen and oxygen atoms in total. The first-order chi connectivity index (χ1) is 18.5. The average Bonchev–Trinajstić information content (AvgIpc) is 3.32. The van der Waals surface area contributed by atoms with Gasteiger partial charge < -0.3 is 20.1 Å². The van der Waals surface area contributed by atoms with Crippen LogP contribution in [0.4, 0.5) is 5.69 Å². The molecule has 9 heteroatoms. The summed E-state index contributed by atoms with van der Waals surface area (Å²) >= 11 is 0. The van der Waals surface area contributed by atoms with Crippen molar-refractivity contribution in [2.75, 3.05) is 11.3 Å². The fraction of sp³-hybridized carbons (Fsp3) is 0.233. The zero-order valence-electron chi connectivity index (χ0n) is 21.9. The van der Waals surface area contributed by atoms with Gasteiger partial charge in [0.2, 0.25) is 0 Å². The van der Waals surface area contributed by atoms with Crippen molar-refractivity contribution in [3.63, 3.8) is 0 Å². The fourth-order valence-electron chi connectivity index (χ4n) is 4.29. The highest BCUT2D eigenvalue weighted by molar-refractivity contribution is 7.92. The summed E-state index contributed by atoms with van der Waals surface area (Å²) in [5, 5.41) is 24.1. The molecule has 0 amide bonds. The summed E-state index contributed by atoms with van der Waals surface area (Å²) in [4.78, 5) is 10.9. The van der Waals surface area contributed by atoms with Gasteiger partial charge in [0.05, 0.1) is 11.0 Å². The van der Waals surface area contributed by atoms with Crippen molar-refractivity contribution < 1.29 is 23.4 Å². The molecule has 1 aromatic heterocycles. The summed E-state index contributed by atoms with van der Waals surface area (Å²) in [6.45, 7) is 5.20. The number of aliphatic hydroxyl groups is 1. The number of sulfonamides is 1. The van der Waals surface area contributed by atoms with Gasteiger partial charge in [-0.05, 0) is 79.9 Å². The van der Waals surface area contributed by atoms with Crippen LogP contribution in [0, 0.1) is 0 Å². The molecule has 0 radical (unpaired) electrons. The number of aryl methyl sites for hydroxylation is 1. The Balaban J connectivity index is 1.34. The molecule has 1 heterocycles. The number of β-amino-alcohol motifs (C(OH)–C–C–N with tert-alkyl or cyclic N) is 1. The van der Waals surface area contributed by atoms with E-state index in [1.807, 2.05) is 30.5 Å². The van der Waals surface area contributed by atoms with E-state index in [4.69, 9.17) is 5.11 Å². The lowest BCUT2D eigenvalue weighted by molar-refractivity contribution is -0.131. The van der Waals surface area contributed by atoms with Crippen LogP contribution in [0.25, 0.3) is 17.0 Å². The highest BCUT2D eigenvalue weighted by atomic mass is 32.2. The number of anilines is 1. The van der Waals surface area contributed by atoms with Crippen molar-refractivity contribution in [1.82, 2.24) is 9.88 Å². The van der Waals surface area contributed by atoms with E-state index >= 15 is 0 Å². The fourth-order valence-corrected chi connectivity index (χ4v) is 5.36. The molecule has 0 bridgehead atoms. The predicted molar refractivity (Wildman–Crippen MR) is 154 cm³/mol. The van der Waals surface area contributed by atoms with Gasteiger partial charge in [-0.15, -0.1) is 0 Å². The molecule has 4 N–H and O–H groups in total. The highest BCUT2D eigenvalue weighted by Gasteiger charge is 2.20.